The van der Waals surface area contributed by atoms with E-state index < -0.39 is 17.4 Å². The van der Waals surface area contributed by atoms with Crippen molar-refractivity contribution in [2.75, 3.05) is 7.11 Å². The minimum absolute atomic E-state index is 0.0119. The lowest BCUT2D eigenvalue weighted by Crippen LogP contribution is -2.30. The fraction of sp³-hybridized carbons (Fsp3) is 0.179. The van der Waals surface area contributed by atoms with Crippen LogP contribution in [0.2, 0.25) is 5.02 Å². The molecular formula is C28H20ClF3N6O2. The van der Waals surface area contributed by atoms with E-state index >= 15 is 0 Å². The highest BCUT2D eigenvalue weighted by atomic mass is 35.5. The minimum atomic E-state index is -4.60. The minimum Gasteiger partial charge on any atom is -0.377 e. The normalized spacial score (nSPS) is 11.6. The van der Waals surface area contributed by atoms with Gasteiger partial charge < -0.3 is 4.74 Å². The number of benzene rings is 2. The first-order valence-corrected chi connectivity index (χ1v) is 12.3. The van der Waals surface area contributed by atoms with Crippen molar-refractivity contribution in [1.29, 1.82) is 5.26 Å². The lowest BCUT2D eigenvalue weighted by molar-refractivity contribution is -0.141. The zero-order chi connectivity index (χ0) is 28.6. The highest BCUT2D eigenvalue weighted by Crippen LogP contribution is 2.34. The molecule has 0 radical (unpaired) electrons. The van der Waals surface area contributed by atoms with Crippen molar-refractivity contribution in [3.8, 4) is 28.3 Å². The Morgan fingerprint density at radius 2 is 1.62 bits per heavy atom. The number of rotatable bonds is 6. The molecule has 0 aliphatic rings. The molecule has 0 spiro atoms. The summed E-state index contributed by atoms with van der Waals surface area (Å²) in [5, 5.41) is 18.4. The van der Waals surface area contributed by atoms with Crippen LogP contribution < -0.4 is 5.56 Å². The average molecular weight is 565 g/mol. The Kier molecular flexibility index (Phi) is 7.14. The number of hydrogen-bond acceptors (Lipinski definition) is 6. The number of aryl methyl sites for hydroxylation is 1. The van der Waals surface area contributed by atoms with Crippen LogP contribution in [0.5, 0.6) is 0 Å². The first-order valence-electron chi connectivity index (χ1n) is 11.9. The van der Waals surface area contributed by atoms with E-state index in [1.54, 1.807) is 48.5 Å². The van der Waals surface area contributed by atoms with Gasteiger partial charge in [-0.1, -0.05) is 41.9 Å². The maximum absolute atomic E-state index is 14.3. The molecule has 0 bridgehead atoms. The SMILES string of the molecule is COCc1nnc2c(-c3ccc(C#N)cc3)c(-c3ccc(Cl)cc3)c(=O)n(Cc3ccc(C(F)(F)F)nc3C)n12. The van der Waals surface area contributed by atoms with E-state index in [2.05, 4.69) is 21.3 Å². The molecule has 3 heterocycles. The van der Waals surface area contributed by atoms with Gasteiger partial charge in [0.2, 0.25) is 0 Å². The molecule has 5 aromatic rings. The standard InChI is InChI=1S/C28H20ClF3N6O2/c1-16-20(9-12-22(34-16)28(30,31)32)14-37-27(39)25(19-7-10-21(29)11-8-19)24(18-5-3-17(13-33)4-6-18)26-36-35-23(15-40-2)38(26)37/h3-12H,14-15H2,1-2H3. The Morgan fingerprint density at radius 3 is 2.23 bits per heavy atom. The van der Waals surface area contributed by atoms with E-state index in [4.69, 9.17) is 16.3 Å². The lowest BCUT2D eigenvalue weighted by atomic mass is 9.96. The van der Waals surface area contributed by atoms with Gasteiger partial charge in [-0.2, -0.15) is 18.4 Å². The molecule has 12 heteroatoms. The van der Waals surface area contributed by atoms with Crippen molar-refractivity contribution in [2.24, 2.45) is 0 Å². The van der Waals surface area contributed by atoms with Crippen LogP contribution in [0, 0.1) is 18.3 Å². The van der Waals surface area contributed by atoms with Crippen molar-refractivity contribution >= 4 is 17.2 Å². The van der Waals surface area contributed by atoms with Gasteiger partial charge >= 0.3 is 6.18 Å². The Morgan fingerprint density at radius 1 is 0.975 bits per heavy atom. The summed E-state index contributed by atoms with van der Waals surface area (Å²) in [7, 11) is 1.47. The summed E-state index contributed by atoms with van der Waals surface area (Å²) in [4.78, 5) is 18.1. The Labute approximate surface area is 230 Å². The maximum atomic E-state index is 14.3. The molecule has 0 aliphatic carbocycles. The van der Waals surface area contributed by atoms with Gasteiger partial charge in [0.05, 0.1) is 23.7 Å². The molecule has 202 valence electrons. The summed E-state index contributed by atoms with van der Waals surface area (Å²) in [5.74, 6) is 0.310. The molecule has 0 aliphatic heterocycles. The van der Waals surface area contributed by atoms with Gasteiger partial charge in [-0.3, -0.25) is 4.79 Å². The number of nitrogens with zero attached hydrogens (tertiary/aromatic N) is 6. The Hall–Kier alpha value is -4.53. The van der Waals surface area contributed by atoms with Crippen molar-refractivity contribution < 1.29 is 17.9 Å². The third kappa shape index (κ3) is 4.95. The van der Waals surface area contributed by atoms with Gasteiger partial charge in [0, 0.05) is 23.4 Å². The number of halogens is 4. The number of alkyl halides is 3. The smallest absolute Gasteiger partial charge is 0.377 e. The van der Waals surface area contributed by atoms with Crippen LogP contribution in [0.15, 0.2) is 65.5 Å². The highest BCUT2D eigenvalue weighted by molar-refractivity contribution is 6.30. The van der Waals surface area contributed by atoms with E-state index in [1.165, 1.54) is 29.3 Å². The maximum Gasteiger partial charge on any atom is 0.433 e. The van der Waals surface area contributed by atoms with Gasteiger partial charge in [0.15, 0.2) is 11.5 Å². The molecule has 0 N–H and O–H groups in total. The monoisotopic (exact) mass is 564 g/mol. The largest absolute Gasteiger partial charge is 0.433 e. The van der Waals surface area contributed by atoms with Gasteiger partial charge in [-0.15, -0.1) is 10.2 Å². The number of hydrogen-bond donors (Lipinski definition) is 0. The van der Waals surface area contributed by atoms with E-state index in [9.17, 15) is 23.2 Å². The van der Waals surface area contributed by atoms with Crippen LogP contribution in [-0.2, 0) is 24.1 Å². The van der Waals surface area contributed by atoms with Crippen molar-refractivity contribution in [3.05, 3.63) is 104 Å². The highest BCUT2D eigenvalue weighted by Gasteiger charge is 2.33. The van der Waals surface area contributed by atoms with E-state index in [1.807, 2.05) is 0 Å². The fourth-order valence-corrected chi connectivity index (χ4v) is 4.59. The molecule has 3 aromatic heterocycles. The molecule has 0 saturated heterocycles. The van der Waals surface area contributed by atoms with Crippen LogP contribution in [0.1, 0.15) is 28.3 Å². The number of methoxy groups -OCH3 is 1. The molecule has 0 saturated carbocycles. The second-order valence-corrected chi connectivity index (χ2v) is 9.37. The van der Waals surface area contributed by atoms with Crippen LogP contribution >= 0.6 is 11.6 Å². The second kappa shape index (κ2) is 10.6. The summed E-state index contributed by atoms with van der Waals surface area (Å²) in [6.45, 7) is 1.35. The number of ether oxygens (including phenoxy) is 1. The van der Waals surface area contributed by atoms with Gasteiger partial charge in [0.1, 0.15) is 12.3 Å². The van der Waals surface area contributed by atoms with Gasteiger partial charge in [-0.25, -0.2) is 14.2 Å². The molecular weight excluding hydrogens is 545 g/mol. The first kappa shape index (κ1) is 27.1. The number of aromatic nitrogens is 5. The van der Waals surface area contributed by atoms with Crippen molar-refractivity contribution in [2.45, 2.75) is 26.3 Å². The zero-order valence-corrected chi connectivity index (χ0v) is 22.0. The van der Waals surface area contributed by atoms with Gasteiger partial charge in [-0.05, 0) is 53.9 Å². The molecule has 5 rings (SSSR count). The van der Waals surface area contributed by atoms with Crippen molar-refractivity contribution in [3.63, 3.8) is 0 Å². The number of pyridine rings is 1. The average Bonchev–Trinajstić information content (AvgIpc) is 3.34. The summed E-state index contributed by atoms with van der Waals surface area (Å²) < 4.78 is 47.9. The Balaban J connectivity index is 1.83. The van der Waals surface area contributed by atoms with E-state index in [-0.39, 0.29) is 24.4 Å². The number of fused-ring (bicyclic) bond motifs is 1. The summed E-state index contributed by atoms with van der Waals surface area (Å²) in [6, 6.07) is 17.7. The van der Waals surface area contributed by atoms with Crippen LogP contribution in [0.3, 0.4) is 0 Å². The summed E-state index contributed by atoms with van der Waals surface area (Å²) in [5.41, 5.74) is 1.71. The molecule has 0 fully saturated rings. The topological polar surface area (TPSA) is 98.1 Å². The van der Waals surface area contributed by atoms with E-state index in [0.717, 1.165) is 6.07 Å². The zero-order valence-electron chi connectivity index (χ0n) is 21.2. The first-order chi connectivity index (χ1) is 19.1. The summed E-state index contributed by atoms with van der Waals surface area (Å²) >= 11 is 6.12. The predicted octanol–water partition coefficient (Wildman–Crippen LogP) is 5.67. The summed E-state index contributed by atoms with van der Waals surface area (Å²) in [6.07, 6.45) is -4.60. The second-order valence-electron chi connectivity index (χ2n) is 8.93. The molecule has 0 amide bonds. The third-order valence-corrected chi connectivity index (χ3v) is 6.64. The molecule has 2 aromatic carbocycles. The quantitative estimate of drug-likeness (QED) is 0.264. The van der Waals surface area contributed by atoms with Crippen LogP contribution in [0.25, 0.3) is 27.9 Å². The number of nitriles is 1. The fourth-order valence-electron chi connectivity index (χ4n) is 4.47. The van der Waals surface area contributed by atoms with E-state index in [0.29, 0.717) is 44.3 Å². The molecule has 40 heavy (non-hydrogen) atoms. The predicted molar refractivity (Wildman–Crippen MR) is 142 cm³/mol. The molecule has 0 atom stereocenters. The van der Waals surface area contributed by atoms with Crippen LogP contribution in [-0.4, -0.2) is 31.5 Å². The van der Waals surface area contributed by atoms with Crippen molar-refractivity contribution in [1.82, 2.24) is 24.4 Å². The molecule has 8 nitrogen and oxygen atoms in total. The Bertz CT molecular complexity index is 1820. The molecule has 0 unspecified atom stereocenters. The van der Waals surface area contributed by atoms with Gasteiger partial charge in [0.25, 0.3) is 5.56 Å². The van der Waals surface area contributed by atoms with Crippen LogP contribution in [0.4, 0.5) is 13.2 Å². The third-order valence-electron chi connectivity index (χ3n) is 6.38. The lowest BCUT2D eigenvalue weighted by Gasteiger charge is -2.19.